The van der Waals surface area contributed by atoms with Crippen LogP contribution < -0.4 is 10.1 Å². The van der Waals surface area contributed by atoms with E-state index < -0.39 is 12.5 Å². The van der Waals surface area contributed by atoms with Crippen molar-refractivity contribution in [2.75, 3.05) is 19.6 Å². The number of nitrogens with one attached hydrogen (secondary N) is 1. The van der Waals surface area contributed by atoms with Gasteiger partial charge in [-0.3, -0.25) is 4.79 Å². The second-order valence-electron chi connectivity index (χ2n) is 7.06. The Hall–Kier alpha value is -3.47. The van der Waals surface area contributed by atoms with Gasteiger partial charge in [0, 0.05) is 42.7 Å². The molecule has 0 bridgehead atoms. The summed E-state index contributed by atoms with van der Waals surface area (Å²) in [6.45, 7) is 1.17. The van der Waals surface area contributed by atoms with E-state index >= 15 is 0 Å². The van der Waals surface area contributed by atoms with Crippen molar-refractivity contribution in [2.45, 2.75) is 12.9 Å². The molecule has 0 aliphatic carbocycles. The maximum atomic E-state index is 13.1. The van der Waals surface area contributed by atoms with Gasteiger partial charge < -0.3 is 24.6 Å². The SMILES string of the molecule is O=C(O)NCCN1CCn2c(cc(-c3cccc(OC(F)(F)F)c3)c2-c2ccsc2)C1=O. The van der Waals surface area contributed by atoms with Gasteiger partial charge in [0.2, 0.25) is 0 Å². The predicted octanol–water partition coefficient (Wildman–Crippen LogP) is 4.51. The van der Waals surface area contributed by atoms with E-state index in [2.05, 4.69) is 10.1 Å². The number of hydrogen-bond donors (Lipinski definition) is 2. The van der Waals surface area contributed by atoms with E-state index in [0.29, 0.717) is 29.9 Å². The number of rotatable bonds is 6. The van der Waals surface area contributed by atoms with Crippen molar-refractivity contribution in [1.29, 1.82) is 0 Å². The number of aromatic nitrogens is 1. The molecule has 32 heavy (non-hydrogen) atoms. The Bertz CT molecular complexity index is 1140. The Kier molecular flexibility index (Phi) is 5.83. The van der Waals surface area contributed by atoms with Crippen LogP contribution in [0.5, 0.6) is 5.75 Å². The molecule has 2 aromatic heterocycles. The summed E-state index contributed by atoms with van der Waals surface area (Å²) in [4.78, 5) is 25.3. The Morgan fingerprint density at radius 3 is 2.69 bits per heavy atom. The molecule has 0 fully saturated rings. The Morgan fingerprint density at radius 1 is 1.19 bits per heavy atom. The van der Waals surface area contributed by atoms with E-state index in [0.717, 1.165) is 11.3 Å². The number of hydrogen-bond acceptors (Lipinski definition) is 4. The molecule has 3 aromatic rings. The first-order valence-electron chi connectivity index (χ1n) is 9.61. The van der Waals surface area contributed by atoms with Crippen LogP contribution in [0.1, 0.15) is 10.5 Å². The van der Waals surface area contributed by atoms with Gasteiger partial charge in [0.25, 0.3) is 5.91 Å². The smallest absolute Gasteiger partial charge is 0.465 e. The minimum atomic E-state index is -4.81. The fraction of sp³-hybridized carbons (Fsp3) is 0.238. The number of alkyl halides is 3. The molecule has 11 heteroatoms. The number of carbonyl (C=O) groups is 2. The van der Waals surface area contributed by atoms with Crippen LogP contribution in [0.25, 0.3) is 22.4 Å². The first-order chi connectivity index (χ1) is 15.2. The van der Waals surface area contributed by atoms with Gasteiger partial charge in [-0.25, -0.2) is 4.79 Å². The molecule has 4 rings (SSSR count). The number of carbonyl (C=O) groups excluding carboxylic acids is 1. The first-order valence-corrected chi connectivity index (χ1v) is 10.6. The van der Waals surface area contributed by atoms with Crippen LogP contribution in [0, 0.1) is 0 Å². The molecule has 7 nitrogen and oxygen atoms in total. The first kappa shape index (κ1) is 21.8. The Morgan fingerprint density at radius 2 is 2.00 bits per heavy atom. The lowest BCUT2D eigenvalue weighted by atomic mass is 10.0. The van der Waals surface area contributed by atoms with E-state index in [9.17, 15) is 22.8 Å². The highest BCUT2D eigenvalue weighted by atomic mass is 32.1. The van der Waals surface area contributed by atoms with Crippen molar-refractivity contribution < 1.29 is 32.6 Å². The van der Waals surface area contributed by atoms with Crippen LogP contribution in [0.2, 0.25) is 0 Å². The zero-order chi connectivity index (χ0) is 22.9. The van der Waals surface area contributed by atoms with Gasteiger partial charge >= 0.3 is 12.5 Å². The van der Waals surface area contributed by atoms with Crippen LogP contribution >= 0.6 is 11.3 Å². The number of benzene rings is 1. The third-order valence-corrected chi connectivity index (χ3v) is 5.71. The number of halogens is 3. The summed E-state index contributed by atoms with van der Waals surface area (Å²) in [6, 6.07) is 9.21. The highest BCUT2D eigenvalue weighted by Gasteiger charge is 2.32. The van der Waals surface area contributed by atoms with Crippen molar-refractivity contribution in [3.05, 3.63) is 52.9 Å². The van der Waals surface area contributed by atoms with Gasteiger partial charge in [0.1, 0.15) is 11.4 Å². The van der Waals surface area contributed by atoms with Crippen molar-refractivity contribution in [2.24, 2.45) is 0 Å². The van der Waals surface area contributed by atoms with Crippen LogP contribution in [0.15, 0.2) is 47.2 Å². The van der Waals surface area contributed by atoms with Gasteiger partial charge in [-0.2, -0.15) is 11.3 Å². The molecule has 1 aliphatic rings. The maximum absolute atomic E-state index is 13.1. The normalized spacial score (nSPS) is 13.7. The summed E-state index contributed by atoms with van der Waals surface area (Å²) in [5.74, 6) is -0.614. The molecule has 0 spiro atoms. The number of carboxylic acid groups (broad SMARTS) is 1. The summed E-state index contributed by atoms with van der Waals surface area (Å²) < 4.78 is 44.0. The molecular weight excluding hydrogens is 447 g/mol. The number of ether oxygens (including phenoxy) is 1. The maximum Gasteiger partial charge on any atom is 0.573 e. The topological polar surface area (TPSA) is 83.8 Å². The summed E-state index contributed by atoms with van der Waals surface area (Å²) in [5.41, 5.74) is 3.09. The average Bonchev–Trinajstić information content (AvgIpc) is 3.36. The van der Waals surface area contributed by atoms with Gasteiger partial charge in [-0.15, -0.1) is 13.2 Å². The van der Waals surface area contributed by atoms with Crippen molar-refractivity contribution >= 4 is 23.3 Å². The van der Waals surface area contributed by atoms with E-state index in [4.69, 9.17) is 5.11 Å². The monoisotopic (exact) mass is 465 g/mol. The summed E-state index contributed by atoms with van der Waals surface area (Å²) in [5, 5.41) is 14.8. The summed E-state index contributed by atoms with van der Waals surface area (Å²) >= 11 is 1.47. The number of fused-ring (bicyclic) bond motifs is 1. The van der Waals surface area contributed by atoms with Crippen LogP contribution in [-0.2, 0) is 6.54 Å². The molecule has 2 N–H and O–H groups in total. The van der Waals surface area contributed by atoms with Crippen LogP contribution in [0.3, 0.4) is 0 Å². The minimum absolute atomic E-state index is 0.100. The van der Waals surface area contributed by atoms with Gasteiger partial charge in [0.15, 0.2) is 0 Å². The molecule has 0 unspecified atom stereocenters. The average molecular weight is 465 g/mol. The van der Waals surface area contributed by atoms with E-state index in [-0.39, 0.29) is 24.7 Å². The molecule has 1 aliphatic heterocycles. The summed E-state index contributed by atoms with van der Waals surface area (Å²) in [6.07, 6.45) is -5.98. The highest BCUT2D eigenvalue weighted by Crippen LogP contribution is 2.39. The molecule has 3 heterocycles. The fourth-order valence-corrected chi connectivity index (χ4v) is 4.39. The lowest BCUT2D eigenvalue weighted by molar-refractivity contribution is -0.274. The van der Waals surface area contributed by atoms with Gasteiger partial charge in [-0.05, 0) is 35.2 Å². The van der Waals surface area contributed by atoms with Crippen molar-refractivity contribution in [3.63, 3.8) is 0 Å². The highest BCUT2D eigenvalue weighted by molar-refractivity contribution is 7.08. The standard InChI is InChI=1S/C21H18F3N3O4S/c22-21(23,24)31-15-3-1-2-13(10-15)16-11-17-19(28)26(6-5-25-20(29)30)7-8-27(17)18(16)14-4-9-32-12-14/h1-4,9-12,25H,5-8H2,(H,29,30). The molecule has 168 valence electrons. The second-order valence-corrected chi connectivity index (χ2v) is 7.84. The zero-order valence-electron chi connectivity index (χ0n) is 16.6. The van der Waals surface area contributed by atoms with Gasteiger partial charge in [-0.1, -0.05) is 12.1 Å². The second kappa shape index (κ2) is 8.58. The largest absolute Gasteiger partial charge is 0.573 e. The molecular formula is C21H18F3N3O4S. The molecule has 0 radical (unpaired) electrons. The van der Waals surface area contributed by atoms with Crippen LogP contribution in [-0.4, -0.2) is 52.6 Å². The molecule has 0 saturated carbocycles. The quantitative estimate of drug-likeness (QED) is 0.561. The molecule has 2 amide bonds. The Labute approximate surface area is 184 Å². The summed E-state index contributed by atoms with van der Waals surface area (Å²) in [7, 11) is 0. The third kappa shape index (κ3) is 4.57. The predicted molar refractivity (Wildman–Crippen MR) is 112 cm³/mol. The third-order valence-electron chi connectivity index (χ3n) is 5.03. The molecule has 0 saturated heterocycles. The van der Waals surface area contributed by atoms with Crippen molar-refractivity contribution in [1.82, 2.24) is 14.8 Å². The molecule has 0 atom stereocenters. The van der Waals surface area contributed by atoms with Crippen LogP contribution in [0.4, 0.5) is 18.0 Å². The number of thiophene rings is 1. The van der Waals surface area contributed by atoms with E-state index in [1.165, 1.54) is 29.5 Å². The Balaban J connectivity index is 1.73. The number of amides is 2. The van der Waals surface area contributed by atoms with Gasteiger partial charge in [0.05, 0.1) is 5.69 Å². The molecule has 1 aromatic carbocycles. The fourth-order valence-electron chi connectivity index (χ4n) is 3.75. The number of nitrogens with zero attached hydrogens (tertiary/aromatic N) is 2. The zero-order valence-corrected chi connectivity index (χ0v) is 17.4. The van der Waals surface area contributed by atoms with Crippen molar-refractivity contribution in [3.8, 4) is 28.1 Å². The minimum Gasteiger partial charge on any atom is -0.465 e. The lowest BCUT2D eigenvalue weighted by Gasteiger charge is -2.29. The van der Waals surface area contributed by atoms with E-state index in [1.54, 1.807) is 17.0 Å². The lowest BCUT2D eigenvalue weighted by Crippen LogP contribution is -2.44. The van der Waals surface area contributed by atoms with E-state index in [1.807, 2.05) is 21.4 Å².